The van der Waals surface area contributed by atoms with Crippen LogP contribution in [0.3, 0.4) is 0 Å². The quantitative estimate of drug-likeness (QED) is 0.0971. The van der Waals surface area contributed by atoms with Crippen LogP contribution in [-0.4, -0.2) is 97.8 Å². The maximum atomic E-state index is 11.6. The summed E-state index contributed by atoms with van der Waals surface area (Å²) in [5, 5.41) is 3.03. The van der Waals surface area contributed by atoms with E-state index in [4.69, 9.17) is 57.5 Å². The summed E-state index contributed by atoms with van der Waals surface area (Å²) in [6.45, 7) is 0. The van der Waals surface area contributed by atoms with Crippen molar-refractivity contribution in [1.29, 1.82) is 0 Å². The van der Waals surface area contributed by atoms with Gasteiger partial charge >= 0.3 is 27.1 Å². The van der Waals surface area contributed by atoms with Crippen LogP contribution < -0.4 is 15.6 Å². The third-order valence-corrected chi connectivity index (χ3v) is 7.08. The summed E-state index contributed by atoms with van der Waals surface area (Å²) in [6.07, 6.45) is 0. The molecule has 198 valence electrons. The van der Waals surface area contributed by atoms with Crippen molar-refractivity contribution in [2.45, 2.75) is 0 Å². The van der Waals surface area contributed by atoms with E-state index >= 15 is 0 Å². The Morgan fingerprint density at radius 3 is 0.583 bits per heavy atom. The molecule has 0 atom stereocenters. The van der Waals surface area contributed by atoms with Crippen LogP contribution in [0.4, 0.5) is 0 Å². The minimum absolute atomic E-state index is 0. The van der Waals surface area contributed by atoms with Gasteiger partial charge < -0.3 is 62.3 Å². The van der Waals surface area contributed by atoms with Crippen molar-refractivity contribution in [3.8, 4) is 0 Å². The van der Waals surface area contributed by atoms with Gasteiger partial charge in [0.2, 0.25) is 0 Å². The summed E-state index contributed by atoms with van der Waals surface area (Å²) in [5.41, 5.74) is 0. The second-order valence-corrected chi connectivity index (χ2v) is 13.4. The Labute approximate surface area is 225 Å². The molecule has 3 rings (SSSR count). The minimum Gasteiger partial charge on any atom is -0.421 e. The van der Waals surface area contributed by atoms with E-state index in [0.29, 0.717) is 0 Å². The van der Waals surface area contributed by atoms with E-state index in [-0.39, 0.29) is 21.7 Å². The molecule has 0 aliphatic rings. The Bertz CT molecular complexity index is 811. The first kappa shape index (κ1) is 36.9. The molecule has 0 fully saturated rings. The van der Waals surface area contributed by atoms with Crippen LogP contribution in [0.15, 0.2) is 91.0 Å². The molecule has 3 aromatic rings. The Hall–Kier alpha value is -1.28. The molecule has 0 unspecified atom stereocenters. The fraction of sp³-hybridized carbons (Fsp3) is 0. The van der Waals surface area contributed by atoms with Gasteiger partial charge in [-0.15, -0.1) is 0 Å². The van der Waals surface area contributed by atoms with Gasteiger partial charge in [0.25, 0.3) is 8.32 Å². The Kier molecular flexibility index (Phi) is 16.9. The molecule has 0 amide bonds. The molecule has 0 aliphatic heterocycles. The van der Waals surface area contributed by atoms with E-state index in [2.05, 4.69) is 0 Å². The van der Waals surface area contributed by atoms with Crippen molar-refractivity contribution >= 4 is 51.0 Å². The largest absolute Gasteiger partial charge is 0.668 e. The third-order valence-electron chi connectivity index (χ3n) is 3.57. The fourth-order valence-electron chi connectivity index (χ4n) is 2.54. The van der Waals surface area contributed by atoms with Crippen molar-refractivity contribution < 1.29 is 84.1 Å². The molecule has 0 aromatic heterocycles. The average molecular weight is 613 g/mol. The summed E-state index contributed by atoms with van der Waals surface area (Å²) in [5.74, 6) is 0. The average Bonchev–Trinajstić information content (AvgIpc) is 2.71. The molecule has 0 bridgehead atoms. The summed E-state index contributed by atoms with van der Waals surface area (Å²) in [6, 6.07) is 30.0. The van der Waals surface area contributed by atoms with Crippen LogP contribution >= 0.6 is 0 Å². The number of rotatable bonds is 3. The number of hydrogen-bond donors (Lipinski definition) is 13. The summed E-state index contributed by atoms with van der Waals surface area (Å²) in [7, 11) is -16.7. The van der Waals surface area contributed by atoms with Crippen molar-refractivity contribution in [2.75, 3.05) is 0 Å². The smallest absolute Gasteiger partial charge is 0.421 e. The molecule has 13 N–H and O–H groups in total. The third kappa shape index (κ3) is 19.9. The summed E-state index contributed by atoms with van der Waals surface area (Å²) < 4.78 is 0. The molecule has 36 heavy (non-hydrogen) atoms. The molecule has 0 saturated carbocycles. The van der Waals surface area contributed by atoms with Gasteiger partial charge in [0.05, 0.1) is 0 Å². The fourth-order valence-corrected chi connectivity index (χ4v) is 5.56. The van der Waals surface area contributed by atoms with Crippen LogP contribution in [0.1, 0.15) is 0 Å². The number of hydrogen-bond acceptors (Lipinski definition) is 13. The van der Waals surface area contributed by atoms with Crippen molar-refractivity contribution in [3.63, 3.8) is 0 Å². The minimum atomic E-state index is -4.61. The molecular weight excluding hydrogens is 584 g/mol. The zero-order valence-electron chi connectivity index (χ0n) is 18.5. The van der Waals surface area contributed by atoms with Gasteiger partial charge in [-0.3, -0.25) is 0 Å². The molecule has 3 aromatic carbocycles. The molecule has 0 saturated heterocycles. The standard InChI is InChI=1S/C18H16OSi.3H4O4Si.Ti/c19-20(16-10-4-1-5-11-16,17-12-6-2-7-13-17)18-14-8-3-9-15-18;3*1-5(2,3)4;/h1-15,19H;3*1-4H;. The Balaban J connectivity index is 0. The first-order chi connectivity index (χ1) is 15.8. The molecule has 0 spiro atoms. The van der Waals surface area contributed by atoms with Gasteiger partial charge in [-0.1, -0.05) is 91.0 Å². The van der Waals surface area contributed by atoms with Crippen LogP contribution in [-0.2, 0) is 21.7 Å². The van der Waals surface area contributed by atoms with Crippen molar-refractivity contribution in [1.82, 2.24) is 0 Å². The predicted octanol–water partition coefficient (Wildman–Crippen LogP) is -6.18. The zero-order valence-corrected chi connectivity index (χ0v) is 24.0. The van der Waals surface area contributed by atoms with Gasteiger partial charge in [0.15, 0.2) is 0 Å². The van der Waals surface area contributed by atoms with Crippen LogP contribution in [0, 0.1) is 0 Å². The van der Waals surface area contributed by atoms with Gasteiger partial charge in [-0.05, 0) is 15.6 Å². The first-order valence-electron chi connectivity index (χ1n) is 9.39. The van der Waals surface area contributed by atoms with Crippen molar-refractivity contribution in [2.24, 2.45) is 0 Å². The van der Waals surface area contributed by atoms with Gasteiger partial charge in [0, 0.05) is 21.7 Å². The summed E-state index contributed by atoms with van der Waals surface area (Å²) in [4.78, 5) is 99.5. The number of benzene rings is 3. The topological polar surface area (TPSA) is 263 Å². The molecule has 0 radical (unpaired) electrons. The SMILES string of the molecule is O[Si](O)(O)O.O[Si](O)(O)O.O[Si](O)(O)O.O[Si](c1ccccc1)(c1ccccc1)c1ccccc1.[Ti]. The second-order valence-electron chi connectivity index (χ2n) is 6.61. The van der Waals surface area contributed by atoms with Gasteiger partial charge in [-0.2, -0.15) is 0 Å². The van der Waals surface area contributed by atoms with Crippen LogP contribution in [0.5, 0.6) is 0 Å². The van der Waals surface area contributed by atoms with Gasteiger partial charge in [0.1, 0.15) is 0 Å². The van der Waals surface area contributed by atoms with Crippen LogP contribution in [0.2, 0.25) is 0 Å². The van der Waals surface area contributed by atoms with Gasteiger partial charge in [-0.25, -0.2) is 0 Å². The molecular formula is C18H28O13Si4Ti. The van der Waals surface area contributed by atoms with E-state index in [1.807, 2.05) is 91.0 Å². The molecule has 13 nitrogen and oxygen atoms in total. The second kappa shape index (κ2) is 16.5. The normalized spacial score (nSPS) is 11.2. The first-order valence-corrected chi connectivity index (χ1v) is 16.7. The maximum absolute atomic E-state index is 11.6. The van der Waals surface area contributed by atoms with Crippen molar-refractivity contribution in [3.05, 3.63) is 91.0 Å². The zero-order chi connectivity index (χ0) is 27.3. The van der Waals surface area contributed by atoms with E-state index < -0.39 is 35.5 Å². The predicted molar refractivity (Wildman–Crippen MR) is 130 cm³/mol. The summed E-state index contributed by atoms with van der Waals surface area (Å²) >= 11 is 0. The molecule has 0 heterocycles. The monoisotopic (exact) mass is 612 g/mol. The maximum Gasteiger partial charge on any atom is 0.668 e. The Morgan fingerprint density at radius 2 is 0.444 bits per heavy atom. The van der Waals surface area contributed by atoms with E-state index in [9.17, 15) is 4.80 Å². The van der Waals surface area contributed by atoms with E-state index in [1.54, 1.807) is 0 Å². The Morgan fingerprint density at radius 1 is 0.306 bits per heavy atom. The molecule has 0 aliphatic carbocycles. The van der Waals surface area contributed by atoms with E-state index in [1.165, 1.54) is 0 Å². The van der Waals surface area contributed by atoms with E-state index in [0.717, 1.165) is 15.6 Å². The molecule has 18 heteroatoms. The van der Waals surface area contributed by atoms with Crippen LogP contribution in [0.25, 0.3) is 0 Å².